The summed E-state index contributed by atoms with van der Waals surface area (Å²) in [4.78, 5) is 7.20. The topological polar surface area (TPSA) is 58.1 Å². The lowest BCUT2D eigenvalue weighted by atomic mass is 9.98. The van der Waals surface area contributed by atoms with E-state index >= 15 is 0 Å². The van der Waals surface area contributed by atoms with Gasteiger partial charge in [0.2, 0.25) is 0 Å². The Labute approximate surface area is 160 Å². The first-order valence-electron chi connectivity index (χ1n) is 10.8. The number of nitrogens with zero attached hydrogens (tertiary/aromatic N) is 2. The van der Waals surface area contributed by atoms with Crippen LogP contribution in [0.25, 0.3) is 0 Å². The molecule has 2 N–H and O–H groups in total. The van der Waals surface area contributed by atoms with Crippen molar-refractivity contribution in [3.63, 3.8) is 0 Å². The molecular weight excluding hydrogens is 328 g/mol. The van der Waals surface area contributed by atoms with Gasteiger partial charge in [-0.25, -0.2) is 0 Å². The van der Waals surface area contributed by atoms with Crippen LogP contribution in [0.5, 0.6) is 0 Å². The van der Waals surface area contributed by atoms with Crippen LogP contribution in [0.4, 0.5) is 0 Å². The zero-order valence-electron chi connectivity index (χ0n) is 17.0. The molecule has 152 valence electrons. The van der Waals surface area contributed by atoms with Crippen molar-refractivity contribution in [2.45, 2.75) is 58.5 Å². The van der Waals surface area contributed by atoms with E-state index in [1.807, 2.05) is 0 Å². The molecule has 6 nitrogen and oxygen atoms in total. The molecule has 1 aliphatic heterocycles. The average molecular weight is 369 g/mol. The first kappa shape index (κ1) is 21.5. The molecule has 2 aliphatic rings. The van der Waals surface area contributed by atoms with E-state index in [4.69, 9.17) is 14.5 Å². The lowest BCUT2D eigenvalue weighted by molar-refractivity contribution is 0.0169. The second-order valence-electron chi connectivity index (χ2n) is 7.32. The maximum atomic E-state index is 6.02. The van der Waals surface area contributed by atoms with Crippen LogP contribution in [0.15, 0.2) is 4.99 Å². The zero-order valence-corrected chi connectivity index (χ0v) is 17.0. The van der Waals surface area contributed by atoms with Crippen LogP contribution < -0.4 is 10.6 Å². The Morgan fingerprint density at radius 1 is 1.19 bits per heavy atom. The van der Waals surface area contributed by atoms with Gasteiger partial charge in [0, 0.05) is 45.9 Å². The van der Waals surface area contributed by atoms with E-state index < -0.39 is 0 Å². The van der Waals surface area contributed by atoms with E-state index in [-0.39, 0.29) is 0 Å². The van der Waals surface area contributed by atoms with E-state index in [1.165, 1.54) is 25.7 Å². The molecule has 1 atom stereocenters. The van der Waals surface area contributed by atoms with Crippen LogP contribution in [0, 0.1) is 5.92 Å². The van der Waals surface area contributed by atoms with E-state index in [9.17, 15) is 0 Å². The maximum Gasteiger partial charge on any atom is 0.191 e. The predicted octanol–water partition coefficient (Wildman–Crippen LogP) is 2.25. The first-order chi connectivity index (χ1) is 12.8. The second kappa shape index (κ2) is 13.3. The molecule has 1 heterocycles. The fourth-order valence-electron chi connectivity index (χ4n) is 3.98. The largest absolute Gasteiger partial charge is 0.379 e. The van der Waals surface area contributed by atoms with Crippen molar-refractivity contribution in [2.24, 2.45) is 10.9 Å². The highest BCUT2D eigenvalue weighted by Crippen LogP contribution is 2.30. The molecule has 6 heteroatoms. The van der Waals surface area contributed by atoms with E-state index in [0.717, 1.165) is 83.8 Å². The number of morpholine rings is 1. The number of guanidine groups is 1. The summed E-state index contributed by atoms with van der Waals surface area (Å²) in [6.45, 7) is 12.7. The standard InChI is InChI=1S/C20H40N4O2/c1-3-21-20(22-11-7-13-24-14-16-25-17-15-24)23-12-10-19(26-4-2)18-8-5-6-9-18/h18-19H,3-17H2,1-2H3,(H2,21,22,23). The van der Waals surface area contributed by atoms with Gasteiger partial charge in [-0.3, -0.25) is 9.89 Å². The maximum absolute atomic E-state index is 6.02. The third-order valence-electron chi connectivity index (χ3n) is 5.38. The van der Waals surface area contributed by atoms with Crippen LogP contribution >= 0.6 is 0 Å². The quantitative estimate of drug-likeness (QED) is 0.333. The Kier molecular flexibility index (Phi) is 11.0. The van der Waals surface area contributed by atoms with Gasteiger partial charge in [0.25, 0.3) is 0 Å². The zero-order chi connectivity index (χ0) is 18.5. The van der Waals surface area contributed by atoms with Crippen molar-refractivity contribution >= 4 is 5.96 Å². The Morgan fingerprint density at radius 3 is 2.65 bits per heavy atom. The summed E-state index contributed by atoms with van der Waals surface area (Å²) in [5.41, 5.74) is 0. The van der Waals surface area contributed by atoms with Gasteiger partial charge < -0.3 is 20.1 Å². The highest BCUT2D eigenvalue weighted by atomic mass is 16.5. The second-order valence-corrected chi connectivity index (χ2v) is 7.32. The highest BCUT2D eigenvalue weighted by molar-refractivity contribution is 5.79. The van der Waals surface area contributed by atoms with Gasteiger partial charge in [-0.15, -0.1) is 0 Å². The molecule has 26 heavy (non-hydrogen) atoms. The number of nitrogens with one attached hydrogen (secondary N) is 2. The minimum atomic E-state index is 0.402. The summed E-state index contributed by atoms with van der Waals surface area (Å²) in [7, 11) is 0. The number of rotatable bonds is 11. The molecule has 0 aromatic carbocycles. The van der Waals surface area contributed by atoms with Crippen molar-refractivity contribution in [3.8, 4) is 0 Å². The van der Waals surface area contributed by atoms with Gasteiger partial charge >= 0.3 is 0 Å². The molecule has 1 aliphatic carbocycles. The van der Waals surface area contributed by atoms with Crippen LogP contribution in [-0.4, -0.2) is 76.1 Å². The third-order valence-corrected chi connectivity index (χ3v) is 5.38. The molecule has 1 unspecified atom stereocenters. The number of aliphatic imine (C=N–C) groups is 1. The minimum absolute atomic E-state index is 0.402. The number of hydrogen-bond acceptors (Lipinski definition) is 4. The SMILES string of the molecule is CCNC(=NCCCN1CCOCC1)NCCC(OCC)C1CCCC1. The normalized spacial score (nSPS) is 21.1. The molecule has 0 aromatic heterocycles. The van der Waals surface area contributed by atoms with E-state index in [0.29, 0.717) is 6.10 Å². The Hall–Kier alpha value is -0.850. The average Bonchev–Trinajstić information content (AvgIpc) is 3.20. The summed E-state index contributed by atoms with van der Waals surface area (Å²) >= 11 is 0. The number of hydrogen-bond donors (Lipinski definition) is 2. The van der Waals surface area contributed by atoms with E-state index in [2.05, 4.69) is 29.4 Å². The molecule has 2 fully saturated rings. The van der Waals surface area contributed by atoms with Gasteiger partial charge in [0.1, 0.15) is 0 Å². The fraction of sp³-hybridized carbons (Fsp3) is 0.950. The monoisotopic (exact) mass is 368 g/mol. The minimum Gasteiger partial charge on any atom is -0.379 e. The Bertz CT molecular complexity index is 380. The first-order valence-corrected chi connectivity index (χ1v) is 10.8. The molecular formula is C20H40N4O2. The van der Waals surface area contributed by atoms with Crippen molar-refractivity contribution in [1.29, 1.82) is 0 Å². The molecule has 0 aromatic rings. The van der Waals surface area contributed by atoms with Gasteiger partial charge in [0.15, 0.2) is 5.96 Å². The third kappa shape index (κ3) is 8.23. The van der Waals surface area contributed by atoms with Crippen LogP contribution in [0.1, 0.15) is 52.4 Å². The summed E-state index contributed by atoms with van der Waals surface area (Å²) in [6, 6.07) is 0. The van der Waals surface area contributed by atoms with Gasteiger partial charge in [-0.2, -0.15) is 0 Å². The lowest BCUT2D eigenvalue weighted by Gasteiger charge is -2.26. The van der Waals surface area contributed by atoms with Crippen LogP contribution in [0.3, 0.4) is 0 Å². The van der Waals surface area contributed by atoms with Gasteiger partial charge in [-0.05, 0) is 45.4 Å². The Balaban J connectivity index is 1.66. The van der Waals surface area contributed by atoms with Crippen LogP contribution in [0.2, 0.25) is 0 Å². The molecule has 1 saturated heterocycles. The summed E-state index contributed by atoms with van der Waals surface area (Å²) in [5.74, 6) is 1.70. The fourth-order valence-corrected chi connectivity index (χ4v) is 3.98. The molecule has 0 radical (unpaired) electrons. The molecule has 1 saturated carbocycles. The molecule has 2 rings (SSSR count). The smallest absolute Gasteiger partial charge is 0.191 e. The molecule has 0 spiro atoms. The van der Waals surface area contributed by atoms with Gasteiger partial charge in [0.05, 0.1) is 19.3 Å². The van der Waals surface area contributed by atoms with Gasteiger partial charge in [-0.1, -0.05) is 12.8 Å². The molecule has 0 amide bonds. The van der Waals surface area contributed by atoms with E-state index in [1.54, 1.807) is 0 Å². The highest BCUT2D eigenvalue weighted by Gasteiger charge is 2.25. The predicted molar refractivity (Wildman–Crippen MR) is 108 cm³/mol. The number of ether oxygens (including phenoxy) is 2. The summed E-state index contributed by atoms with van der Waals surface area (Å²) in [6.07, 6.45) is 7.97. The van der Waals surface area contributed by atoms with Crippen LogP contribution in [-0.2, 0) is 9.47 Å². The summed E-state index contributed by atoms with van der Waals surface area (Å²) in [5, 5.41) is 6.86. The lowest BCUT2D eigenvalue weighted by Crippen LogP contribution is -2.40. The van der Waals surface area contributed by atoms with Crippen molar-refractivity contribution < 1.29 is 9.47 Å². The van der Waals surface area contributed by atoms with Crippen molar-refractivity contribution in [3.05, 3.63) is 0 Å². The molecule has 0 bridgehead atoms. The summed E-state index contributed by atoms with van der Waals surface area (Å²) < 4.78 is 11.4. The Morgan fingerprint density at radius 2 is 1.96 bits per heavy atom. The van der Waals surface area contributed by atoms with Crippen molar-refractivity contribution in [1.82, 2.24) is 15.5 Å². The van der Waals surface area contributed by atoms with Crippen molar-refractivity contribution in [2.75, 3.05) is 59.1 Å².